The summed E-state index contributed by atoms with van der Waals surface area (Å²) in [5.41, 5.74) is 0.202. The number of carbonyl (C=O) groups is 1. The quantitative estimate of drug-likeness (QED) is 0.503. The fraction of sp³-hybridized carbons (Fsp3) is 0.250. The summed E-state index contributed by atoms with van der Waals surface area (Å²) >= 11 is 0. The van der Waals surface area contributed by atoms with Gasteiger partial charge in [0.25, 0.3) is 5.91 Å². The number of carbonyl (C=O) groups excluding carboxylic acids is 1. The van der Waals surface area contributed by atoms with E-state index in [2.05, 4.69) is 6.58 Å². The second-order valence-electron chi connectivity index (χ2n) is 4.05. The SMILES string of the molecule is C=C(C)CN(C)C(=O)c1cccc([N+](=O)[O-])c1O. The van der Waals surface area contributed by atoms with E-state index in [4.69, 9.17) is 0 Å². The van der Waals surface area contributed by atoms with Crippen molar-refractivity contribution in [2.45, 2.75) is 6.92 Å². The third-order valence-electron chi connectivity index (χ3n) is 2.30. The monoisotopic (exact) mass is 250 g/mol. The minimum atomic E-state index is -0.731. The van der Waals surface area contributed by atoms with Gasteiger partial charge in [0.05, 0.1) is 10.5 Å². The number of benzene rings is 1. The van der Waals surface area contributed by atoms with Crippen LogP contribution in [0.15, 0.2) is 30.4 Å². The molecular formula is C12H14N2O4. The molecule has 0 spiro atoms. The molecule has 0 fully saturated rings. The van der Waals surface area contributed by atoms with Gasteiger partial charge in [-0.15, -0.1) is 0 Å². The summed E-state index contributed by atoms with van der Waals surface area (Å²) in [5.74, 6) is -1.10. The molecule has 1 aromatic rings. The summed E-state index contributed by atoms with van der Waals surface area (Å²) in [5, 5.41) is 20.4. The van der Waals surface area contributed by atoms with Gasteiger partial charge in [0, 0.05) is 19.7 Å². The predicted molar refractivity (Wildman–Crippen MR) is 66.5 cm³/mol. The summed E-state index contributed by atoms with van der Waals surface area (Å²) in [7, 11) is 1.54. The second kappa shape index (κ2) is 5.31. The van der Waals surface area contributed by atoms with Gasteiger partial charge < -0.3 is 10.0 Å². The highest BCUT2D eigenvalue weighted by atomic mass is 16.6. The molecular weight excluding hydrogens is 236 g/mol. The molecule has 1 N–H and O–H groups in total. The third-order valence-corrected chi connectivity index (χ3v) is 2.30. The van der Waals surface area contributed by atoms with Crippen LogP contribution >= 0.6 is 0 Å². The van der Waals surface area contributed by atoms with E-state index in [1.165, 1.54) is 24.1 Å². The average Bonchev–Trinajstić information content (AvgIpc) is 2.27. The number of hydrogen-bond donors (Lipinski definition) is 1. The van der Waals surface area contributed by atoms with Crippen molar-refractivity contribution in [1.29, 1.82) is 0 Å². The van der Waals surface area contributed by atoms with E-state index < -0.39 is 22.3 Å². The number of rotatable bonds is 4. The smallest absolute Gasteiger partial charge is 0.311 e. The number of phenols is 1. The first-order chi connectivity index (χ1) is 8.34. The van der Waals surface area contributed by atoms with E-state index in [-0.39, 0.29) is 5.56 Å². The van der Waals surface area contributed by atoms with Crippen LogP contribution in [0.4, 0.5) is 5.69 Å². The van der Waals surface area contributed by atoms with Crippen molar-refractivity contribution in [1.82, 2.24) is 4.90 Å². The van der Waals surface area contributed by atoms with Gasteiger partial charge in [-0.2, -0.15) is 0 Å². The third kappa shape index (κ3) is 2.85. The number of aromatic hydroxyl groups is 1. The van der Waals surface area contributed by atoms with Crippen molar-refractivity contribution < 1.29 is 14.8 Å². The zero-order chi connectivity index (χ0) is 13.9. The van der Waals surface area contributed by atoms with E-state index in [1.807, 2.05) is 0 Å². The molecule has 0 aromatic heterocycles. The van der Waals surface area contributed by atoms with Gasteiger partial charge in [-0.3, -0.25) is 14.9 Å². The van der Waals surface area contributed by atoms with Crippen molar-refractivity contribution in [2.75, 3.05) is 13.6 Å². The van der Waals surface area contributed by atoms with Gasteiger partial charge in [-0.25, -0.2) is 0 Å². The standard InChI is InChI=1S/C12H14N2O4/c1-8(2)7-13(3)12(16)9-5-4-6-10(11(9)15)14(17)18/h4-6,15H,1,7H2,2-3H3. The van der Waals surface area contributed by atoms with Crippen molar-refractivity contribution in [2.24, 2.45) is 0 Å². The molecule has 0 aliphatic carbocycles. The maximum absolute atomic E-state index is 12.0. The molecule has 1 rings (SSSR count). The fourth-order valence-corrected chi connectivity index (χ4v) is 1.53. The van der Waals surface area contributed by atoms with E-state index >= 15 is 0 Å². The maximum Gasteiger partial charge on any atom is 0.311 e. The van der Waals surface area contributed by atoms with E-state index in [0.29, 0.717) is 6.54 Å². The van der Waals surface area contributed by atoms with Gasteiger partial charge in [-0.05, 0) is 13.0 Å². The number of nitro benzene ring substituents is 1. The second-order valence-corrected chi connectivity index (χ2v) is 4.05. The summed E-state index contributed by atoms with van der Waals surface area (Å²) in [6.45, 7) is 5.76. The van der Waals surface area contributed by atoms with Crippen molar-refractivity contribution in [3.05, 3.63) is 46.0 Å². The van der Waals surface area contributed by atoms with Crippen LogP contribution in [-0.2, 0) is 0 Å². The van der Waals surface area contributed by atoms with E-state index in [0.717, 1.165) is 11.6 Å². The Labute approximate surface area is 104 Å². The Balaban J connectivity index is 3.10. The Hall–Kier alpha value is -2.37. The molecule has 0 heterocycles. The molecule has 18 heavy (non-hydrogen) atoms. The number of hydrogen-bond acceptors (Lipinski definition) is 4. The highest BCUT2D eigenvalue weighted by Crippen LogP contribution is 2.29. The lowest BCUT2D eigenvalue weighted by atomic mass is 10.1. The molecule has 6 nitrogen and oxygen atoms in total. The lowest BCUT2D eigenvalue weighted by Gasteiger charge is -2.17. The van der Waals surface area contributed by atoms with Crippen molar-refractivity contribution >= 4 is 11.6 Å². The van der Waals surface area contributed by atoms with Crippen molar-refractivity contribution in [3.8, 4) is 5.75 Å². The van der Waals surface area contributed by atoms with Crippen LogP contribution in [0, 0.1) is 10.1 Å². The Kier molecular flexibility index (Phi) is 4.04. The molecule has 0 aliphatic heterocycles. The molecule has 0 aliphatic rings. The van der Waals surface area contributed by atoms with Gasteiger partial charge >= 0.3 is 5.69 Å². The van der Waals surface area contributed by atoms with Crippen molar-refractivity contribution in [3.63, 3.8) is 0 Å². The Morgan fingerprint density at radius 1 is 1.56 bits per heavy atom. The number of nitro groups is 1. The topological polar surface area (TPSA) is 83.7 Å². The Bertz CT molecular complexity index is 511. The number of amides is 1. The molecule has 0 unspecified atom stereocenters. The Morgan fingerprint density at radius 2 is 2.17 bits per heavy atom. The summed E-state index contributed by atoms with van der Waals surface area (Å²) < 4.78 is 0. The first-order valence-corrected chi connectivity index (χ1v) is 5.20. The molecule has 0 saturated carbocycles. The number of phenolic OH excluding ortho intramolecular Hbond substituents is 1. The van der Waals surface area contributed by atoms with Crippen LogP contribution in [-0.4, -0.2) is 34.4 Å². The zero-order valence-corrected chi connectivity index (χ0v) is 10.2. The molecule has 0 bridgehead atoms. The molecule has 6 heteroatoms. The number of para-hydroxylation sites is 1. The minimum absolute atomic E-state index is 0.0899. The molecule has 0 saturated heterocycles. The number of nitrogens with zero attached hydrogens (tertiary/aromatic N) is 2. The van der Waals surface area contributed by atoms with Crippen LogP contribution in [0.25, 0.3) is 0 Å². The van der Waals surface area contributed by atoms with Crippen LogP contribution in [0.3, 0.4) is 0 Å². The Morgan fingerprint density at radius 3 is 2.67 bits per heavy atom. The van der Waals surface area contributed by atoms with Gasteiger partial charge in [0.15, 0.2) is 0 Å². The van der Waals surface area contributed by atoms with Crippen LogP contribution < -0.4 is 0 Å². The predicted octanol–water partition coefficient (Wildman–Crippen LogP) is 1.95. The fourth-order valence-electron chi connectivity index (χ4n) is 1.53. The molecule has 0 atom stereocenters. The number of likely N-dealkylation sites (N-methyl/N-ethyl adjacent to an activating group) is 1. The molecule has 0 radical (unpaired) electrons. The highest BCUT2D eigenvalue weighted by molar-refractivity contribution is 5.98. The lowest BCUT2D eigenvalue weighted by Crippen LogP contribution is -2.28. The minimum Gasteiger partial charge on any atom is -0.502 e. The van der Waals surface area contributed by atoms with Crippen LogP contribution in [0.2, 0.25) is 0 Å². The molecule has 96 valence electrons. The zero-order valence-electron chi connectivity index (χ0n) is 10.2. The summed E-state index contributed by atoms with van der Waals surface area (Å²) in [6, 6.07) is 3.85. The first-order valence-electron chi connectivity index (χ1n) is 5.20. The largest absolute Gasteiger partial charge is 0.502 e. The van der Waals surface area contributed by atoms with Gasteiger partial charge in [-0.1, -0.05) is 18.2 Å². The summed E-state index contributed by atoms with van der Waals surface area (Å²) in [6.07, 6.45) is 0. The highest BCUT2D eigenvalue weighted by Gasteiger charge is 2.22. The normalized spacial score (nSPS) is 9.89. The first kappa shape index (κ1) is 13.7. The van der Waals surface area contributed by atoms with Gasteiger partial charge in [0.1, 0.15) is 0 Å². The van der Waals surface area contributed by atoms with Gasteiger partial charge in [0.2, 0.25) is 5.75 Å². The average molecular weight is 250 g/mol. The van der Waals surface area contributed by atoms with E-state index in [1.54, 1.807) is 6.92 Å². The van der Waals surface area contributed by atoms with E-state index in [9.17, 15) is 20.0 Å². The molecule has 1 aromatic carbocycles. The van der Waals surface area contributed by atoms with Crippen LogP contribution in [0.5, 0.6) is 5.75 Å². The molecule has 1 amide bonds. The lowest BCUT2D eigenvalue weighted by molar-refractivity contribution is -0.385. The maximum atomic E-state index is 12.0. The van der Waals surface area contributed by atoms with Crippen LogP contribution in [0.1, 0.15) is 17.3 Å². The summed E-state index contributed by atoms with van der Waals surface area (Å²) in [4.78, 5) is 23.2.